The number of hydrogen-bond donors (Lipinski definition) is 2. The van der Waals surface area contributed by atoms with Crippen molar-refractivity contribution < 1.29 is 9.59 Å². The molecule has 1 aliphatic heterocycles. The molecule has 18 heavy (non-hydrogen) atoms. The summed E-state index contributed by atoms with van der Waals surface area (Å²) in [4.78, 5) is 24.3. The van der Waals surface area contributed by atoms with Crippen molar-refractivity contribution in [3.63, 3.8) is 0 Å². The number of carbonyl (C=O) groups is 2. The normalized spacial score (nSPS) is 20.1. The highest BCUT2D eigenvalue weighted by molar-refractivity contribution is 9.13. The first-order valence-electron chi connectivity index (χ1n) is 5.61. The van der Waals surface area contributed by atoms with Crippen LogP contribution in [0.1, 0.15) is 28.9 Å². The lowest BCUT2D eigenvalue weighted by Crippen LogP contribution is -2.45. The fourth-order valence-electron chi connectivity index (χ4n) is 1.76. The first kappa shape index (κ1) is 14.0. The quantitative estimate of drug-likeness (QED) is 0.808. The van der Waals surface area contributed by atoms with Crippen LogP contribution in [-0.4, -0.2) is 24.4 Å². The molecule has 7 heteroatoms. The van der Waals surface area contributed by atoms with E-state index in [2.05, 4.69) is 42.5 Å². The topological polar surface area (TPSA) is 58.2 Å². The molecule has 1 aliphatic rings. The van der Waals surface area contributed by atoms with Crippen molar-refractivity contribution in [3.8, 4) is 0 Å². The zero-order chi connectivity index (χ0) is 13.1. The van der Waals surface area contributed by atoms with Gasteiger partial charge in [-0.3, -0.25) is 9.59 Å². The van der Waals surface area contributed by atoms with Gasteiger partial charge in [-0.05, 0) is 57.2 Å². The van der Waals surface area contributed by atoms with Gasteiger partial charge < -0.3 is 10.6 Å². The van der Waals surface area contributed by atoms with Crippen molar-refractivity contribution in [2.45, 2.75) is 25.3 Å². The summed E-state index contributed by atoms with van der Waals surface area (Å²) in [5, 5.41) is 5.58. The van der Waals surface area contributed by atoms with Crippen LogP contribution in [0, 0.1) is 0 Å². The van der Waals surface area contributed by atoms with E-state index < -0.39 is 6.04 Å². The fourth-order valence-corrected chi connectivity index (χ4v) is 3.70. The third-order valence-electron chi connectivity index (χ3n) is 2.71. The molecule has 2 N–H and O–H groups in total. The highest BCUT2D eigenvalue weighted by Crippen LogP contribution is 2.32. The third-order valence-corrected chi connectivity index (χ3v) is 5.96. The molecule has 0 saturated carbocycles. The Labute approximate surface area is 126 Å². The van der Waals surface area contributed by atoms with Crippen LogP contribution < -0.4 is 10.6 Å². The molecule has 1 saturated heterocycles. The van der Waals surface area contributed by atoms with Crippen LogP contribution in [0.2, 0.25) is 0 Å². The van der Waals surface area contributed by atoms with Gasteiger partial charge in [0, 0.05) is 11.0 Å². The number of amides is 2. The molecule has 2 rings (SSSR count). The average molecular weight is 396 g/mol. The minimum Gasteiger partial charge on any atom is -0.354 e. The van der Waals surface area contributed by atoms with Crippen LogP contribution in [0.25, 0.3) is 0 Å². The van der Waals surface area contributed by atoms with Crippen molar-refractivity contribution in [2.24, 2.45) is 0 Å². The second-order valence-corrected chi connectivity index (χ2v) is 7.27. The largest absolute Gasteiger partial charge is 0.354 e. The van der Waals surface area contributed by atoms with Crippen LogP contribution in [0.3, 0.4) is 0 Å². The van der Waals surface area contributed by atoms with Gasteiger partial charge in [0.05, 0.1) is 8.66 Å². The third kappa shape index (κ3) is 3.33. The fraction of sp³-hybridized carbons (Fsp3) is 0.455. The summed E-state index contributed by atoms with van der Waals surface area (Å²) >= 11 is 8.03. The van der Waals surface area contributed by atoms with E-state index in [0.29, 0.717) is 17.8 Å². The number of rotatable bonds is 2. The predicted molar refractivity (Wildman–Crippen MR) is 77.8 cm³/mol. The van der Waals surface area contributed by atoms with Gasteiger partial charge in [0.25, 0.3) is 5.91 Å². The number of hydrogen-bond acceptors (Lipinski definition) is 3. The van der Waals surface area contributed by atoms with Crippen LogP contribution in [0.15, 0.2) is 14.3 Å². The van der Waals surface area contributed by atoms with Gasteiger partial charge in [0.15, 0.2) is 0 Å². The summed E-state index contributed by atoms with van der Waals surface area (Å²) in [5.41, 5.74) is 0. The smallest absolute Gasteiger partial charge is 0.262 e. The molecule has 2 heterocycles. The van der Waals surface area contributed by atoms with Crippen molar-refractivity contribution in [2.75, 3.05) is 6.54 Å². The summed E-state index contributed by atoms with van der Waals surface area (Å²) in [6, 6.07) is 1.33. The molecule has 4 nitrogen and oxygen atoms in total. The summed E-state index contributed by atoms with van der Waals surface area (Å²) in [6.07, 6.45) is 2.61. The molecule has 2 amide bonds. The van der Waals surface area contributed by atoms with Crippen molar-refractivity contribution in [1.82, 2.24) is 10.6 Å². The molecular formula is C11H12Br2N2O2S. The number of thiophene rings is 1. The molecule has 98 valence electrons. The molecule has 0 radical (unpaired) electrons. The van der Waals surface area contributed by atoms with Gasteiger partial charge in [-0.1, -0.05) is 0 Å². The summed E-state index contributed by atoms with van der Waals surface area (Å²) in [7, 11) is 0. The van der Waals surface area contributed by atoms with E-state index >= 15 is 0 Å². The van der Waals surface area contributed by atoms with Gasteiger partial charge in [0.1, 0.15) is 6.04 Å². The summed E-state index contributed by atoms with van der Waals surface area (Å²) in [5.74, 6) is -0.288. The molecule has 0 aliphatic carbocycles. The second kappa shape index (κ2) is 6.16. The number of halogens is 2. The van der Waals surface area contributed by atoms with Crippen LogP contribution >= 0.6 is 43.2 Å². The van der Waals surface area contributed by atoms with E-state index in [-0.39, 0.29) is 11.8 Å². The second-order valence-electron chi connectivity index (χ2n) is 4.05. The van der Waals surface area contributed by atoms with Gasteiger partial charge in [-0.2, -0.15) is 0 Å². The maximum absolute atomic E-state index is 12.0. The van der Waals surface area contributed by atoms with Crippen molar-refractivity contribution >= 4 is 55.0 Å². The summed E-state index contributed by atoms with van der Waals surface area (Å²) < 4.78 is 1.72. The van der Waals surface area contributed by atoms with Crippen molar-refractivity contribution in [1.29, 1.82) is 0 Å². The van der Waals surface area contributed by atoms with E-state index in [4.69, 9.17) is 0 Å². The highest BCUT2D eigenvalue weighted by atomic mass is 79.9. The SMILES string of the molecule is O=C(NC1CCCCNC1=O)c1cc(Br)c(Br)s1. The lowest BCUT2D eigenvalue weighted by atomic mass is 10.1. The maximum atomic E-state index is 12.0. The molecule has 1 aromatic heterocycles. The Hall–Kier alpha value is -0.400. The monoisotopic (exact) mass is 394 g/mol. The van der Waals surface area contributed by atoms with E-state index in [1.165, 1.54) is 11.3 Å². The Balaban J connectivity index is 2.03. The van der Waals surface area contributed by atoms with Crippen LogP contribution in [0.5, 0.6) is 0 Å². The molecule has 0 spiro atoms. The Morgan fingerprint density at radius 3 is 2.89 bits per heavy atom. The van der Waals surface area contributed by atoms with Gasteiger partial charge in [-0.15, -0.1) is 11.3 Å². The van der Waals surface area contributed by atoms with Gasteiger partial charge in [0.2, 0.25) is 5.91 Å². The minimum absolute atomic E-state index is 0.0875. The Morgan fingerprint density at radius 2 is 2.22 bits per heavy atom. The predicted octanol–water partition coefficient (Wildman–Crippen LogP) is 2.67. The van der Waals surface area contributed by atoms with E-state index in [0.717, 1.165) is 21.1 Å². The molecule has 0 aromatic carbocycles. The zero-order valence-electron chi connectivity index (χ0n) is 9.46. The first-order chi connectivity index (χ1) is 8.58. The molecule has 1 aromatic rings. The Bertz CT molecular complexity index is 456. The van der Waals surface area contributed by atoms with Crippen molar-refractivity contribution in [3.05, 3.63) is 19.2 Å². The number of carbonyl (C=O) groups excluding carboxylic acids is 2. The average Bonchev–Trinajstić information content (AvgIpc) is 2.54. The Kier molecular flexibility index (Phi) is 4.80. The van der Waals surface area contributed by atoms with Crippen LogP contribution in [-0.2, 0) is 4.79 Å². The van der Waals surface area contributed by atoms with Gasteiger partial charge >= 0.3 is 0 Å². The number of nitrogens with one attached hydrogen (secondary N) is 2. The van der Waals surface area contributed by atoms with E-state index in [9.17, 15) is 9.59 Å². The molecule has 1 unspecified atom stereocenters. The molecule has 0 bridgehead atoms. The van der Waals surface area contributed by atoms with E-state index in [1.807, 2.05) is 0 Å². The summed E-state index contributed by atoms with van der Waals surface area (Å²) in [6.45, 7) is 0.696. The molecule has 1 fully saturated rings. The van der Waals surface area contributed by atoms with Crippen LogP contribution in [0.4, 0.5) is 0 Å². The maximum Gasteiger partial charge on any atom is 0.262 e. The Morgan fingerprint density at radius 1 is 1.44 bits per heavy atom. The lowest BCUT2D eigenvalue weighted by Gasteiger charge is -2.14. The standard InChI is InChI=1S/C11H12Br2N2O2S/c12-6-5-8(18-9(6)13)11(17)15-7-3-1-2-4-14-10(7)16/h5,7H,1-4H2,(H,14,16)(H,15,17). The molecule has 1 atom stereocenters. The van der Waals surface area contributed by atoms with Gasteiger partial charge in [-0.25, -0.2) is 0 Å². The lowest BCUT2D eigenvalue weighted by molar-refractivity contribution is -0.122. The zero-order valence-corrected chi connectivity index (χ0v) is 13.5. The molecular weight excluding hydrogens is 384 g/mol. The first-order valence-corrected chi connectivity index (χ1v) is 8.01. The highest BCUT2D eigenvalue weighted by Gasteiger charge is 2.23. The minimum atomic E-state index is -0.417. The van der Waals surface area contributed by atoms with E-state index in [1.54, 1.807) is 6.07 Å².